The average Bonchev–Trinajstić information content (AvgIpc) is 2.85. The van der Waals surface area contributed by atoms with Gasteiger partial charge in [-0.25, -0.2) is 8.42 Å². The first-order chi connectivity index (χ1) is 8.61. The maximum atomic E-state index is 12.2. The molecule has 0 aromatic heterocycles. The molecule has 6 nitrogen and oxygen atoms in total. The van der Waals surface area contributed by atoms with E-state index in [1.54, 1.807) is 0 Å². The van der Waals surface area contributed by atoms with Crippen molar-refractivity contribution in [1.29, 1.82) is 0 Å². The van der Waals surface area contributed by atoms with E-state index in [2.05, 4.69) is 0 Å². The maximum Gasteiger partial charge on any atom is 0.216 e. The van der Waals surface area contributed by atoms with Crippen molar-refractivity contribution in [2.45, 2.75) is 31.7 Å². The fourth-order valence-electron chi connectivity index (χ4n) is 2.31. The molecule has 1 aliphatic rings. The number of sulfonamides is 1. The lowest BCUT2D eigenvalue weighted by Gasteiger charge is -2.27. The second-order valence-electron chi connectivity index (χ2n) is 4.49. The fraction of sp³-hybridized carbons (Fsp3) is 1.00. The summed E-state index contributed by atoms with van der Waals surface area (Å²) in [6, 6.07) is 0.0525. The van der Waals surface area contributed by atoms with Crippen LogP contribution >= 0.6 is 0 Å². The van der Waals surface area contributed by atoms with Crippen LogP contribution in [-0.4, -0.2) is 62.5 Å². The number of hydrogen-bond acceptors (Lipinski definition) is 5. The van der Waals surface area contributed by atoms with E-state index in [1.165, 1.54) is 4.31 Å². The fourth-order valence-corrected chi connectivity index (χ4v) is 3.89. The topological polar surface area (TPSA) is 92.9 Å². The highest BCUT2D eigenvalue weighted by molar-refractivity contribution is 7.89. The van der Waals surface area contributed by atoms with Gasteiger partial charge in [-0.1, -0.05) is 12.8 Å². The van der Waals surface area contributed by atoms with Gasteiger partial charge in [-0.05, 0) is 12.8 Å². The molecule has 1 fully saturated rings. The minimum Gasteiger partial charge on any atom is -0.395 e. The van der Waals surface area contributed by atoms with Crippen LogP contribution in [0.4, 0.5) is 0 Å². The molecule has 0 amide bonds. The Morgan fingerprint density at radius 1 is 1.28 bits per heavy atom. The molecule has 0 saturated heterocycles. The number of hydrogen-bond donors (Lipinski definition) is 2. The van der Waals surface area contributed by atoms with Crippen LogP contribution < -0.4 is 5.73 Å². The van der Waals surface area contributed by atoms with Crippen LogP contribution in [0.15, 0.2) is 0 Å². The van der Waals surface area contributed by atoms with Gasteiger partial charge in [0.2, 0.25) is 10.0 Å². The molecule has 3 N–H and O–H groups in total. The third-order valence-electron chi connectivity index (χ3n) is 3.16. The van der Waals surface area contributed by atoms with Gasteiger partial charge in [0.25, 0.3) is 0 Å². The van der Waals surface area contributed by atoms with Crippen molar-refractivity contribution in [3.05, 3.63) is 0 Å². The molecule has 108 valence electrons. The third kappa shape index (κ3) is 4.81. The summed E-state index contributed by atoms with van der Waals surface area (Å²) >= 11 is 0. The molecule has 18 heavy (non-hydrogen) atoms. The number of nitrogens with zero attached hydrogens (tertiary/aromatic N) is 1. The number of nitrogens with two attached hydrogens (primary N) is 1. The molecule has 0 bridgehead atoms. The van der Waals surface area contributed by atoms with E-state index in [-0.39, 0.29) is 31.6 Å². The first-order valence-corrected chi connectivity index (χ1v) is 8.11. The highest BCUT2D eigenvalue weighted by Crippen LogP contribution is 2.25. The first kappa shape index (κ1) is 15.8. The molecule has 0 spiro atoms. The summed E-state index contributed by atoms with van der Waals surface area (Å²) in [6.45, 7) is 0.972. The highest BCUT2D eigenvalue weighted by atomic mass is 32.2. The number of rotatable bonds is 9. The number of ether oxygens (including phenoxy) is 1. The van der Waals surface area contributed by atoms with Crippen LogP contribution in [0, 0.1) is 0 Å². The second-order valence-corrected chi connectivity index (χ2v) is 6.53. The van der Waals surface area contributed by atoms with Gasteiger partial charge >= 0.3 is 0 Å². The minimum atomic E-state index is -3.34. The van der Waals surface area contributed by atoms with Crippen molar-refractivity contribution in [1.82, 2.24) is 4.31 Å². The van der Waals surface area contributed by atoms with E-state index in [9.17, 15) is 8.42 Å². The third-order valence-corrected chi connectivity index (χ3v) is 5.04. The normalized spacial score (nSPS) is 17.7. The number of aliphatic hydroxyl groups is 1. The van der Waals surface area contributed by atoms with E-state index in [0.29, 0.717) is 13.2 Å². The summed E-state index contributed by atoms with van der Waals surface area (Å²) in [6.07, 6.45) is 3.91. The molecule has 0 unspecified atom stereocenters. The molecule has 0 aromatic carbocycles. The van der Waals surface area contributed by atoms with Crippen molar-refractivity contribution in [2.24, 2.45) is 5.73 Å². The molecule has 1 saturated carbocycles. The Hall–Kier alpha value is -0.210. The van der Waals surface area contributed by atoms with Gasteiger partial charge in [0.15, 0.2) is 0 Å². The molecule has 0 heterocycles. The summed E-state index contributed by atoms with van der Waals surface area (Å²) in [5, 5.41) is 9.02. The summed E-state index contributed by atoms with van der Waals surface area (Å²) in [7, 11) is -3.34. The smallest absolute Gasteiger partial charge is 0.216 e. The Kier molecular flexibility index (Phi) is 7.10. The van der Waals surface area contributed by atoms with Crippen LogP contribution in [0.2, 0.25) is 0 Å². The van der Waals surface area contributed by atoms with Crippen LogP contribution in [0.3, 0.4) is 0 Å². The molecule has 0 atom stereocenters. The lowest BCUT2D eigenvalue weighted by Crippen LogP contribution is -2.42. The van der Waals surface area contributed by atoms with E-state index >= 15 is 0 Å². The highest BCUT2D eigenvalue weighted by Gasteiger charge is 2.31. The zero-order chi connectivity index (χ0) is 13.4. The molecule has 1 aliphatic carbocycles. The average molecular weight is 280 g/mol. The van der Waals surface area contributed by atoms with Gasteiger partial charge in [-0.2, -0.15) is 4.31 Å². The predicted molar refractivity (Wildman–Crippen MR) is 69.7 cm³/mol. The Morgan fingerprint density at radius 2 is 1.94 bits per heavy atom. The summed E-state index contributed by atoms with van der Waals surface area (Å²) < 4.78 is 30.9. The molecular formula is C11H24N2O4S. The summed E-state index contributed by atoms with van der Waals surface area (Å²) in [4.78, 5) is 0. The van der Waals surface area contributed by atoms with E-state index < -0.39 is 10.0 Å². The van der Waals surface area contributed by atoms with Crippen molar-refractivity contribution < 1.29 is 18.3 Å². The van der Waals surface area contributed by atoms with Crippen molar-refractivity contribution >= 4 is 10.0 Å². The summed E-state index contributed by atoms with van der Waals surface area (Å²) in [5.74, 6) is -0.0382. The van der Waals surface area contributed by atoms with Gasteiger partial charge in [0, 0.05) is 19.1 Å². The summed E-state index contributed by atoms with van der Waals surface area (Å²) in [5.41, 5.74) is 5.27. The molecule has 0 aromatic rings. The lowest BCUT2D eigenvalue weighted by atomic mass is 10.2. The largest absolute Gasteiger partial charge is 0.395 e. The predicted octanol–water partition coefficient (Wildman–Crippen LogP) is -0.472. The zero-order valence-electron chi connectivity index (χ0n) is 10.8. The maximum absolute atomic E-state index is 12.2. The molecule has 1 rings (SSSR count). The van der Waals surface area contributed by atoms with E-state index in [0.717, 1.165) is 25.7 Å². The van der Waals surface area contributed by atoms with Crippen molar-refractivity contribution in [2.75, 3.05) is 38.7 Å². The molecule has 0 aliphatic heterocycles. The SMILES string of the molecule is NCCOCCS(=O)(=O)N(CCO)C1CCCC1. The van der Waals surface area contributed by atoms with Gasteiger partial charge in [0.1, 0.15) is 0 Å². The lowest BCUT2D eigenvalue weighted by molar-refractivity contribution is 0.154. The standard InChI is InChI=1S/C11H24N2O4S/c12-5-8-17-9-10-18(15,16)13(6-7-14)11-3-1-2-4-11/h11,14H,1-10,12H2. The van der Waals surface area contributed by atoms with Gasteiger partial charge < -0.3 is 15.6 Å². The molecular weight excluding hydrogens is 256 g/mol. The van der Waals surface area contributed by atoms with Crippen LogP contribution in [-0.2, 0) is 14.8 Å². The number of aliphatic hydroxyl groups excluding tert-OH is 1. The second kappa shape index (κ2) is 8.06. The quantitative estimate of drug-likeness (QED) is 0.557. The first-order valence-electron chi connectivity index (χ1n) is 6.50. The Balaban J connectivity index is 2.53. The molecule has 0 radical (unpaired) electrons. The van der Waals surface area contributed by atoms with Crippen molar-refractivity contribution in [3.63, 3.8) is 0 Å². The Bertz CT molecular complexity index is 315. The Morgan fingerprint density at radius 3 is 2.50 bits per heavy atom. The molecule has 7 heteroatoms. The zero-order valence-corrected chi connectivity index (χ0v) is 11.6. The minimum absolute atomic E-state index is 0.0382. The van der Waals surface area contributed by atoms with Crippen LogP contribution in [0.1, 0.15) is 25.7 Å². The van der Waals surface area contributed by atoms with E-state index in [1.807, 2.05) is 0 Å². The van der Waals surface area contributed by atoms with Gasteiger partial charge in [-0.3, -0.25) is 0 Å². The van der Waals surface area contributed by atoms with Gasteiger partial charge in [-0.15, -0.1) is 0 Å². The van der Waals surface area contributed by atoms with Crippen LogP contribution in [0.25, 0.3) is 0 Å². The Labute approximate surface area is 109 Å². The van der Waals surface area contributed by atoms with Crippen LogP contribution in [0.5, 0.6) is 0 Å². The van der Waals surface area contributed by atoms with E-state index in [4.69, 9.17) is 15.6 Å². The van der Waals surface area contributed by atoms with Gasteiger partial charge in [0.05, 0.1) is 25.6 Å². The van der Waals surface area contributed by atoms with Crippen molar-refractivity contribution in [3.8, 4) is 0 Å². The monoisotopic (exact) mass is 280 g/mol.